The molecule has 1 atom stereocenters. The number of furan rings is 2. The van der Waals surface area contributed by atoms with Crippen molar-refractivity contribution in [1.29, 1.82) is 0 Å². The molecule has 0 radical (unpaired) electrons. The van der Waals surface area contributed by atoms with Gasteiger partial charge in [0.2, 0.25) is 0 Å². The molecule has 0 bridgehead atoms. The van der Waals surface area contributed by atoms with E-state index in [0.29, 0.717) is 23.9 Å². The summed E-state index contributed by atoms with van der Waals surface area (Å²) in [6.07, 6.45) is 2.99. The van der Waals surface area contributed by atoms with Crippen molar-refractivity contribution in [3.8, 4) is 22.8 Å². The second-order valence-electron chi connectivity index (χ2n) is 21.2. The molecular formula is C65H52N4O2. The van der Waals surface area contributed by atoms with E-state index in [0.717, 1.165) is 71.7 Å². The quantitative estimate of drug-likeness (QED) is 0.166. The maximum atomic E-state index is 6.65. The molecule has 0 fully saturated rings. The van der Waals surface area contributed by atoms with Crippen LogP contribution in [-0.4, -0.2) is 19.5 Å². The zero-order valence-corrected chi connectivity index (χ0v) is 40.8. The van der Waals surface area contributed by atoms with Crippen LogP contribution in [0.3, 0.4) is 0 Å². The predicted octanol–water partition coefficient (Wildman–Crippen LogP) is 17.3. The highest BCUT2D eigenvalue weighted by atomic mass is 16.3. The molecule has 0 saturated heterocycles. The molecule has 0 unspecified atom stereocenters. The summed E-state index contributed by atoms with van der Waals surface area (Å²) in [7, 11) is 0. The van der Waals surface area contributed by atoms with Gasteiger partial charge in [0.25, 0.3) is 0 Å². The molecule has 344 valence electrons. The standard InChI is InChI=1S/C65H52N4O2/c1-64(2,3)43-29-32-54-52(37-43)53-38-44(65(4,5)6)30-33-55(53)69(54)59-50(39-18-9-7-10-19-39)34-42(35-51(59)40-20-11-8-12-21-40)62-66-61(41-28-31-47-45-22-13-15-26-56(45)70-58(47)36-41)67-63(68-62)49-25-17-24-48-46-23-14-16-27-57(46)71-60(48)49/h7-34,36-38,51H,35H2,1-6H3/t51-/m1/s1. The Morgan fingerprint density at radius 3 is 1.69 bits per heavy atom. The first-order chi connectivity index (χ1) is 34.4. The lowest BCUT2D eigenvalue weighted by atomic mass is 9.80. The fourth-order valence-electron chi connectivity index (χ4n) is 10.8. The number of para-hydroxylation sites is 3. The molecule has 4 aromatic heterocycles. The molecular weight excluding hydrogens is 869 g/mol. The third kappa shape index (κ3) is 7.19. The van der Waals surface area contributed by atoms with E-state index in [1.807, 2.05) is 36.4 Å². The minimum atomic E-state index is -0.0934. The van der Waals surface area contributed by atoms with E-state index >= 15 is 0 Å². The zero-order chi connectivity index (χ0) is 48.2. The molecule has 6 heteroatoms. The molecule has 0 aliphatic heterocycles. The molecule has 1 aliphatic carbocycles. The van der Waals surface area contributed by atoms with Crippen LogP contribution in [-0.2, 0) is 10.8 Å². The van der Waals surface area contributed by atoms with E-state index in [-0.39, 0.29) is 16.7 Å². The second kappa shape index (κ2) is 16.1. The van der Waals surface area contributed by atoms with Crippen molar-refractivity contribution in [2.45, 2.75) is 64.7 Å². The zero-order valence-electron chi connectivity index (χ0n) is 40.8. The van der Waals surface area contributed by atoms with Crippen LogP contribution in [0.5, 0.6) is 0 Å². The Kier molecular flexibility index (Phi) is 9.69. The van der Waals surface area contributed by atoms with Gasteiger partial charge in [-0.05, 0) is 106 Å². The summed E-state index contributed by atoms with van der Waals surface area (Å²) in [5.41, 5.74) is 15.4. The van der Waals surface area contributed by atoms with Crippen molar-refractivity contribution in [3.63, 3.8) is 0 Å². The van der Waals surface area contributed by atoms with Gasteiger partial charge in [0, 0.05) is 55.1 Å². The summed E-state index contributed by atoms with van der Waals surface area (Å²) in [5.74, 6) is 1.62. The smallest absolute Gasteiger partial charge is 0.167 e. The lowest BCUT2D eigenvalue weighted by molar-refractivity contribution is 0.590. The van der Waals surface area contributed by atoms with Crippen molar-refractivity contribution < 1.29 is 8.83 Å². The highest BCUT2D eigenvalue weighted by molar-refractivity contribution is 6.14. The van der Waals surface area contributed by atoms with E-state index in [1.54, 1.807) is 0 Å². The maximum Gasteiger partial charge on any atom is 0.167 e. The average molecular weight is 921 g/mol. The Morgan fingerprint density at radius 2 is 1.01 bits per heavy atom. The Balaban J connectivity index is 1.10. The van der Waals surface area contributed by atoms with Gasteiger partial charge in [-0.3, -0.25) is 0 Å². The number of nitrogens with zero attached hydrogens (tertiary/aromatic N) is 4. The summed E-state index contributed by atoms with van der Waals surface area (Å²) in [6.45, 7) is 13.8. The van der Waals surface area contributed by atoms with Crippen molar-refractivity contribution in [3.05, 3.63) is 216 Å². The number of hydrogen-bond donors (Lipinski definition) is 0. The molecule has 6 nitrogen and oxygen atoms in total. The van der Waals surface area contributed by atoms with Crippen LogP contribution in [0, 0.1) is 0 Å². The minimum absolute atomic E-state index is 0.0240. The van der Waals surface area contributed by atoms with E-state index in [2.05, 4.69) is 198 Å². The fraction of sp³-hybridized carbons (Fsp3) is 0.154. The van der Waals surface area contributed by atoms with Crippen LogP contribution in [0.1, 0.15) is 82.0 Å². The first-order valence-electron chi connectivity index (χ1n) is 24.7. The SMILES string of the molecule is CC(C)(C)c1ccc2c(c1)c1cc(C(C)(C)C)ccc1n2C1=C(c2ccccc2)C=C(c2nc(-c3ccc4c(c3)oc3ccccc34)nc(-c3cccc4c3oc3ccccc34)n2)C[C@@H]1c1ccccc1. The third-order valence-corrected chi connectivity index (χ3v) is 14.6. The van der Waals surface area contributed by atoms with Crippen LogP contribution in [0.25, 0.3) is 105 Å². The van der Waals surface area contributed by atoms with Gasteiger partial charge in [-0.25, -0.2) is 15.0 Å². The third-order valence-electron chi connectivity index (χ3n) is 14.6. The van der Waals surface area contributed by atoms with Gasteiger partial charge in [-0.1, -0.05) is 169 Å². The number of aromatic nitrogens is 4. The molecule has 71 heavy (non-hydrogen) atoms. The summed E-state index contributed by atoms with van der Waals surface area (Å²) in [6, 6.07) is 64.9. The summed E-state index contributed by atoms with van der Waals surface area (Å²) in [5, 5.41) is 6.70. The fourth-order valence-corrected chi connectivity index (χ4v) is 10.8. The molecule has 12 aromatic rings. The van der Waals surface area contributed by atoms with Gasteiger partial charge in [0.1, 0.15) is 22.3 Å². The van der Waals surface area contributed by atoms with Crippen LogP contribution >= 0.6 is 0 Å². The Morgan fingerprint density at radius 1 is 0.451 bits per heavy atom. The van der Waals surface area contributed by atoms with Crippen LogP contribution < -0.4 is 0 Å². The van der Waals surface area contributed by atoms with Gasteiger partial charge in [-0.15, -0.1) is 0 Å². The molecule has 0 N–H and O–H groups in total. The van der Waals surface area contributed by atoms with E-state index < -0.39 is 0 Å². The number of fused-ring (bicyclic) bond motifs is 9. The van der Waals surface area contributed by atoms with E-state index in [1.165, 1.54) is 44.2 Å². The molecule has 13 rings (SSSR count). The van der Waals surface area contributed by atoms with Crippen LogP contribution in [0.4, 0.5) is 0 Å². The highest BCUT2D eigenvalue weighted by Crippen LogP contribution is 2.50. The molecule has 4 heterocycles. The first-order valence-corrected chi connectivity index (χ1v) is 24.7. The van der Waals surface area contributed by atoms with Gasteiger partial charge in [0.05, 0.1) is 16.6 Å². The Hall–Kier alpha value is -8.35. The van der Waals surface area contributed by atoms with Crippen molar-refractivity contribution in [2.75, 3.05) is 0 Å². The topological polar surface area (TPSA) is 69.9 Å². The normalized spacial score (nSPS) is 14.7. The van der Waals surface area contributed by atoms with Gasteiger partial charge < -0.3 is 13.4 Å². The number of hydrogen-bond acceptors (Lipinski definition) is 5. The number of rotatable bonds is 6. The number of allylic oxidation sites excluding steroid dienone is 4. The van der Waals surface area contributed by atoms with Gasteiger partial charge in [-0.2, -0.15) is 0 Å². The number of benzene rings is 8. The predicted molar refractivity (Wildman–Crippen MR) is 293 cm³/mol. The molecule has 1 aliphatic rings. The van der Waals surface area contributed by atoms with Crippen LogP contribution in [0.15, 0.2) is 197 Å². The van der Waals surface area contributed by atoms with Crippen LogP contribution in [0.2, 0.25) is 0 Å². The monoisotopic (exact) mass is 920 g/mol. The average Bonchev–Trinajstić information content (AvgIpc) is 4.07. The van der Waals surface area contributed by atoms with E-state index in [9.17, 15) is 0 Å². The summed E-state index contributed by atoms with van der Waals surface area (Å²) in [4.78, 5) is 16.2. The maximum absolute atomic E-state index is 6.65. The largest absolute Gasteiger partial charge is 0.456 e. The van der Waals surface area contributed by atoms with Gasteiger partial charge in [0.15, 0.2) is 17.5 Å². The Bertz CT molecular complexity index is 4080. The highest BCUT2D eigenvalue weighted by Gasteiger charge is 2.33. The Labute approximate surface area is 412 Å². The summed E-state index contributed by atoms with van der Waals surface area (Å²) >= 11 is 0. The first kappa shape index (κ1) is 42.7. The summed E-state index contributed by atoms with van der Waals surface area (Å²) < 4.78 is 15.7. The molecule has 0 amide bonds. The molecule has 8 aromatic carbocycles. The lowest BCUT2D eigenvalue weighted by Gasteiger charge is -2.31. The van der Waals surface area contributed by atoms with E-state index in [4.69, 9.17) is 23.8 Å². The van der Waals surface area contributed by atoms with Crippen molar-refractivity contribution >= 4 is 82.5 Å². The molecule has 0 saturated carbocycles. The minimum Gasteiger partial charge on any atom is -0.456 e. The molecule has 0 spiro atoms. The van der Waals surface area contributed by atoms with Crippen molar-refractivity contribution in [1.82, 2.24) is 19.5 Å². The van der Waals surface area contributed by atoms with Crippen molar-refractivity contribution in [2.24, 2.45) is 0 Å². The lowest BCUT2D eigenvalue weighted by Crippen LogP contribution is -2.16. The second-order valence-corrected chi connectivity index (χ2v) is 21.2. The van der Waals surface area contributed by atoms with Gasteiger partial charge >= 0.3 is 0 Å².